The van der Waals surface area contributed by atoms with Gasteiger partial charge in [-0.15, -0.1) is 0 Å². The van der Waals surface area contributed by atoms with Gasteiger partial charge in [0, 0.05) is 22.8 Å². The zero-order valence-corrected chi connectivity index (χ0v) is 14.3. The van der Waals surface area contributed by atoms with Gasteiger partial charge < -0.3 is 14.7 Å². The number of aromatic nitrogens is 1. The number of nitrogens with zero attached hydrogens (tertiary/aromatic N) is 2. The molecule has 2 aromatic rings. The van der Waals surface area contributed by atoms with E-state index >= 15 is 0 Å². The smallest absolute Gasteiger partial charge is 0.322 e. The summed E-state index contributed by atoms with van der Waals surface area (Å²) in [6.07, 6.45) is 1.89. The molecule has 23 heavy (non-hydrogen) atoms. The second kappa shape index (κ2) is 6.24. The van der Waals surface area contributed by atoms with E-state index in [1.54, 1.807) is 6.07 Å². The first kappa shape index (κ1) is 15.9. The maximum atomic E-state index is 12.7. The maximum Gasteiger partial charge on any atom is 0.322 e. The van der Waals surface area contributed by atoms with Crippen LogP contribution in [0.25, 0.3) is 0 Å². The number of nitrogens with one attached hydrogen (secondary N) is 1. The summed E-state index contributed by atoms with van der Waals surface area (Å²) in [5.74, 6) is 0.783. The first-order valence-corrected chi connectivity index (χ1v) is 8.11. The first-order chi connectivity index (χ1) is 11.0. The molecule has 122 valence electrons. The van der Waals surface area contributed by atoms with Crippen molar-refractivity contribution in [2.45, 2.75) is 39.7 Å². The number of carbonyl (C=O) groups is 1. The normalized spacial score (nSPS) is 17.6. The number of anilines is 1. The van der Waals surface area contributed by atoms with Crippen LogP contribution in [0, 0.1) is 20.8 Å². The molecule has 0 unspecified atom stereocenters. The Labute approximate surface area is 140 Å². The number of aryl methyl sites for hydroxylation is 3. The topological polar surface area (TPSA) is 58.4 Å². The van der Waals surface area contributed by atoms with Crippen LogP contribution in [0.1, 0.15) is 41.5 Å². The van der Waals surface area contributed by atoms with E-state index in [9.17, 15) is 4.79 Å². The molecule has 1 aliphatic rings. The van der Waals surface area contributed by atoms with Gasteiger partial charge in [0.15, 0.2) is 0 Å². The summed E-state index contributed by atoms with van der Waals surface area (Å²) in [5, 5.41) is 7.59. The van der Waals surface area contributed by atoms with Gasteiger partial charge in [-0.2, -0.15) is 0 Å². The van der Waals surface area contributed by atoms with Gasteiger partial charge in [0.05, 0.1) is 11.7 Å². The number of hydrogen-bond donors (Lipinski definition) is 1. The molecule has 5 nitrogen and oxygen atoms in total. The Hall–Kier alpha value is -2.01. The zero-order valence-electron chi connectivity index (χ0n) is 13.5. The molecule has 1 aliphatic heterocycles. The summed E-state index contributed by atoms with van der Waals surface area (Å²) in [6.45, 7) is 6.48. The van der Waals surface area contributed by atoms with Gasteiger partial charge in [0.2, 0.25) is 0 Å². The van der Waals surface area contributed by atoms with Gasteiger partial charge in [-0.05, 0) is 51.3 Å². The van der Waals surface area contributed by atoms with E-state index in [1.165, 1.54) is 0 Å². The molecule has 2 amide bonds. The van der Waals surface area contributed by atoms with Gasteiger partial charge in [0.25, 0.3) is 0 Å². The van der Waals surface area contributed by atoms with Crippen LogP contribution in [0.4, 0.5) is 10.5 Å². The lowest BCUT2D eigenvalue weighted by Crippen LogP contribution is -2.35. The molecule has 1 aromatic carbocycles. The fraction of sp³-hybridized carbons (Fsp3) is 0.412. The second-order valence-electron chi connectivity index (χ2n) is 5.98. The van der Waals surface area contributed by atoms with E-state index in [0.29, 0.717) is 5.02 Å². The minimum absolute atomic E-state index is 0.0146. The first-order valence-electron chi connectivity index (χ1n) is 7.74. The van der Waals surface area contributed by atoms with Crippen molar-refractivity contribution in [3.8, 4) is 0 Å². The number of likely N-dealkylation sites (tertiary alicyclic amines) is 1. The van der Waals surface area contributed by atoms with E-state index in [2.05, 4.69) is 10.5 Å². The SMILES string of the molecule is Cc1ccc(Cl)cc1NC(=O)N1CCC[C@H]1c1c(C)noc1C. The minimum Gasteiger partial charge on any atom is -0.361 e. The highest BCUT2D eigenvalue weighted by Crippen LogP contribution is 2.36. The molecule has 0 radical (unpaired) electrons. The predicted molar refractivity (Wildman–Crippen MR) is 89.9 cm³/mol. The molecule has 0 aliphatic carbocycles. The number of halogens is 1. The summed E-state index contributed by atoms with van der Waals surface area (Å²) >= 11 is 6.03. The molecule has 6 heteroatoms. The third kappa shape index (κ3) is 3.06. The van der Waals surface area contributed by atoms with Gasteiger partial charge in [0.1, 0.15) is 5.76 Å². The Kier molecular flexibility index (Phi) is 4.31. The van der Waals surface area contributed by atoms with Gasteiger partial charge in [-0.25, -0.2) is 4.79 Å². The summed E-state index contributed by atoms with van der Waals surface area (Å²) in [4.78, 5) is 14.6. The molecule has 2 heterocycles. The molecule has 3 rings (SSSR count). The Morgan fingerprint density at radius 2 is 2.17 bits per heavy atom. The third-order valence-electron chi connectivity index (χ3n) is 4.38. The van der Waals surface area contributed by atoms with E-state index < -0.39 is 0 Å². The van der Waals surface area contributed by atoms with Crippen molar-refractivity contribution in [2.24, 2.45) is 0 Å². The van der Waals surface area contributed by atoms with E-state index in [-0.39, 0.29) is 12.1 Å². The summed E-state index contributed by atoms with van der Waals surface area (Å²) in [5.41, 5.74) is 3.61. The van der Waals surface area contributed by atoms with Crippen molar-refractivity contribution < 1.29 is 9.32 Å². The average molecular weight is 334 g/mol. The van der Waals surface area contributed by atoms with Crippen molar-refractivity contribution in [1.82, 2.24) is 10.1 Å². The van der Waals surface area contributed by atoms with E-state index in [1.807, 2.05) is 37.8 Å². The Morgan fingerprint density at radius 3 is 2.87 bits per heavy atom. The Bertz CT molecular complexity index is 722. The minimum atomic E-state index is -0.113. The number of carbonyl (C=O) groups excluding carboxylic acids is 1. The van der Waals surface area contributed by atoms with Crippen molar-refractivity contribution in [2.75, 3.05) is 11.9 Å². The predicted octanol–water partition coefficient (Wildman–Crippen LogP) is 4.62. The quantitative estimate of drug-likeness (QED) is 0.872. The molecule has 0 saturated carbocycles. The highest BCUT2D eigenvalue weighted by atomic mass is 35.5. The maximum absolute atomic E-state index is 12.7. The fourth-order valence-corrected chi connectivity index (χ4v) is 3.36. The number of benzene rings is 1. The van der Waals surface area contributed by atoms with Crippen LogP contribution in [-0.4, -0.2) is 22.6 Å². The summed E-state index contributed by atoms with van der Waals surface area (Å²) < 4.78 is 5.26. The molecule has 0 bridgehead atoms. The number of rotatable bonds is 2. The molecular weight excluding hydrogens is 314 g/mol. The van der Waals surface area contributed by atoms with Crippen LogP contribution in [0.2, 0.25) is 5.02 Å². The fourth-order valence-electron chi connectivity index (χ4n) is 3.19. The van der Waals surface area contributed by atoms with E-state index in [0.717, 1.165) is 47.7 Å². The average Bonchev–Trinajstić information content (AvgIpc) is 3.09. The van der Waals surface area contributed by atoms with Crippen LogP contribution in [0.3, 0.4) is 0 Å². The molecule has 0 spiro atoms. The van der Waals surface area contributed by atoms with E-state index in [4.69, 9.17) is 16.1 Å². The molecule has 1 fully saturated rings. The molecule has 1 aromatic heterocycles. The Balaban J connectivity index is 1.83. The van der Waals surface area contributed by atoms with Crippen molar-refractivity contribution in [1.29, 1.82) is 0 Å². The van der Waals surface area contributed by atoms with Crippen molar-refractivity contribution >= 4 is 23.3 Å². The van der Waals surface area contributed by atoms with Crippen LogP contribution >= 0.6 is 11.6 Å². The van der Waals surface area contributed by atoms with Crippen molar-refractivity contribution in [3.63, 3.8) is 0 Å². The molecule has 1 N–H and O–H groups in total. The highest BCUT2D eigenvalue weighted by molar-refractivity contribution is 6.31. The van der Waals surface area contributed by atoms with Gasteiger partial charge >= 0.3 is 6.03 Å². The molecule has 1 saturated heterocycles. The lowest BCUT2D eigenvalue weighted by atomic mass is 10.0. The highest BCUT2D eigenvalue weighted by Gasteiger charge is 2.34. The lowest BCUT2D eigenvalue weighted by molar-refractivity contribution is 0.206. The molecular formula is C17H20ClN3O2. The third-order valence-corrected chi connectivity index (χ3v) is 4.61. The number of amides is 2. The lowest BCUT2D eigenvalue weighted by Gasteiger charge is -2.25. The number of hydrogen-bond acceptors (Lipinski definition) is 3. The Morgan fingerprint density at radius 1 is 1.39 bits per heavy atom. The largest absolute Gasteiger partial charge is 0.361 e. The van der Waals surface area contributed by atoms with Crippen LogP contribution in [-0.2, 0) is 0 Å². The standard InChI is InChI=1S/C17H20ClN3O2/c1-10-6-7-13(18)9-14(10)19-17(22)21-8-4-5-15(21)16-11(2)20-23-12(16)3/h6-7,9,15H,4-5,8H2,1-3H3,(H,19,22)/t15-/m0/s1. The van der Waals surface area contributed by atoms with Crippen LogP contribution < -0.4 is 5.32 Å². The number of urea groups is 1. The van der Waals surface area contributed by atoms with Gasteiger partial charge in [-0.1, -0.05) is 22.8 Å². The van der Waals surface area contributed by atoms with Gasteiger partial charge in [-0.3, -0.25) is 0 Å². The molecule has 1 atom stereocenters. The van der Waals surface area contributed by atoms with Crippen LogP contribution in [0.5, 0.6) is 0 Å². The summed E-state index contributed by atoms with van der Waals surface area (Å²) in [6, 6.07) is 5.39. The van der Waals surface area contributed by atoms with Crippen LogP contribution in [0.15, 0.2) is 22.7 Å². The second-order valence-corrected chi connectivity index (χ2v) is 6.42. The summed E-state index contributed by atoms with van der Waals surface area (Å²) in [7, 11) is 0. The van der Waals surface area contributed by atoms with Crippen molar-refractivity contribution in [3.05, 3.63) is 45.8 Å². The zero-order chi connectivity index (χ0) is 16.6. The monoisotopic (exact) mass is 333 g/mol.